The van der Waals surface area contributed by atoms with E-state index < -0.39 is 17.7 Å². The Morgan fingerprint density at radius 3 is 2.31 bits per heavy atom. The van der Waals surface area contributed by atoms with E-state index in [0.717, 1.165) is 11.1 Å². The average molecular weight is 389 g/mol. The Hall–Kier alpha value is -3.60. The van der Waals surface area contributed by atoms with Crippen LogP contribution in [0.3, 0.4) is 0 Å². The molecule has 2 aromatic rings. The van der Waals surface area contributed by atoms with E-state index in [1.54, 1.807) is 36.4 Å². The van der Waals surface area contributed by atoms with E-state index in [-0.39, 0.29) is 17.9 Å². The summed E-state index contributed by atoms with van der Waals surface area (Å²) in [6.07, 6.45) is 3.20. The SMILES string of the molecule is C=CCOc1ccc(C(O)=C2C(=O)C(=O)N(CC=C)C2c2ccc(C)cc2)cc1. The molecule has 1 atom stereocenters. The molecule has 1 aliphatic heterocycles. The molecule has 0 bridgehead atoms. The summed E-state index contributed by atoms with van der Waals surface area (Å²) >= 11 is 0. The van der Waals surface area contributed by atoms with Crippen LogP contribution in [0.4, 0.5) is 0 Å². The maximum atomic E-state index is 12.8. The number of rotatable bonds is 7. The predicted molar refractivity (Wildman–Crippen MR) is 113 cm³/mol. The zero-order valence-electron chi connectivity index (χ0n) is 16.3. The fourth-order valence-electron chi connectivity index (χ4n) is 3.32. The van der Waals surface area contributed by atoms with Crippen molar-refractivity contribution in [3.8, 4) is 5.75 Å². The first kappa shape index (κ1) is 20.1. The summed E-state index contributed by atoms with van der Waals surface area (Å²) in [5.74, 6) is -0.954. The minimum absolute atomic E-state index is 0.0699. The highest BCUT2D eigenvalue weighted by Crippen LogP contribution is 2.39. The molecule has 2 aromatic carbocycles. The van der Waals surface area contributed by atoms with Crippen LogP contribution in [0.2, 0.25) is 0 Å². The van der Waals surface area contributed by atoms with Crippen molar-refractivity contribution < 1.29 is 19.4 Å². The first-order valence-corrected chi connectivity index (χ1v) is 9.28. The smallest absolute Gasteiger partial charge is 0.295 e. The molecule has 1 N–H and O–H groups in total. The summed E-state index contributed by atoms with van der Waals surface area (Å²) in [6, 6.07) is 13.6. The van der Waals surface area contributed by atoms with Crippen molar-refractivity contribution in [1.29, 1.82) is 0 Å². The van der Waals surface area contributed by atoms with E-state index in [0.29, 0.717) is 17.9 Å². The Morgan fingerprint density at radius 1 is 1.07 bits per heavy atom. The van der Waals surface area contributed by atoms with Crippen molar-refractivity contribution in [2.75, 3.05) is 13.2 Å². The molecule has 148 valence electrons. The highest BCUT2D eigenvalue weighted by Gasteiger charge is 2.45. The van der Waals surface area contributed by atoms with Gasteiger partial charge >= 0.3 is 0 Å². The van der Waals surface area contributed by atoms with Gasteiger partial charge in [0.1, 0.15) is 18.1 Å². The number of nitrogens with zero attached hydrogens (tertiary/aromatic N) is 1. The molecule has 1 saturated heterocycles. The number of aliphatic hydroxyl groups excluding tert-OH is 1. The van der Waals surface area contributed by atoms with Crippen molar-refractivity contribution in [1.82, 2.24) is 4.90 Å². The molecule has 1 aliphatic rings. The second-order valence-corrected chi connectivity index (χ2v) is 6.77. The molecule has 5 heteroatoms. The maximum absolute atomic E-state index is 12.8. The van der Waals surface area contributed by atoms with Gasteiger partial charge < -0.3 is 14.7 Å². The van der Waals surface area contributed by atoms with Crippen LogP contribution >= 0.6 is 0 Å². The van der Waals surface area contributed by atoms with Gasteiger partial charge in [-0.25, -0.2) is 0 Å². The fourth-order valence-corrected chi connectivity index (χ4v) is 3.32. The zero-order valence-corrected chi connectivity index (χ0v) is 16.3. The van der Waals surface area contributed by atoms with E-state index in [9.17, 15) is 14.7 Å². The van der Waals surface area contributed by atoms with Gasteiger partial charge in [0.05, 0.1) is 11.6 Å². The van der Waals surface area contributed by atoms with Crippen molar-refractivity contribution in [3.05, 3.63) is 96.1 Å². The zero-order chi connectivity index (χ0) is 21.0. The Morgan fingerprint density at radius 2 is 1.72 bits per heavy atom. The number of ether oxygens (including phenoxy) is 1. The average Bonchev–Trinajstić information content (AvgIpc) is 2.98. The monoisotopic (exact) mass is 389 g/mol. The number of carbonyl (C=O) groups is 2. The van der Waals surface area contributed by atoms with E-state index in [2.05, 4.69) is 13.2 Å². The van der Waals surface area contributed by atoms with E-state index in [1.807, 2.05) is 31.2 Å². The van der Waals surface area contributed by atoms with Crippen LogP contribution in [-0.2, 0) is 9.59 Å². The molecule has 1 fully saturated rings. The lowest BCUT2D eigenvalue weighted by Crippen LogP contribution is -2.29. The minimum Gasteiger partial charge on any atom is -0.507 e. The third kappa shape index (κ3) is 3.99. The molecule has 3 rings (SSSR count). The number of hydrogen-bond acceptors (Lipinski definition) is 4. The van der Waals surface area contributed by atoms with Gasteiger partial charge in [-0.3, -0.25) is 9.59 Å². The first-order valence-electron chi connectivity index (χ1n) is 9.28. The second kappa shape index (κ2) is 8.61. The molecule has 29 heavy (non-hydrogen) atoms. The lowest BCUT2D eigenvalue weighted by molar-refractivity contribution is -0.139. The van der Waals surface area contributed by atoms with Crippen LogP contribution < -0.4 is 4.74 Å². The Bertz CT molecular complexity index is 971. The molecule has 1 unspecified atom stereocenters. The van der Waals surface area contributed by atoms with Gasteiger partial charge in [0.25, 0.3) is 11.7 Å². The van der Waals surface area contributed by atoms with E-state index in [4.69, 9.17) is 4.74 Å². The van der Waals surface area contributed by atoms with E-state index in [1.165, 1.54) is 4.90 Å². The number of hydrogen-bond donors (Lipinski definition) is 1. The van der Waals surface area contributed by atoms with Gasteiger partial charge in [-0.2, -0.15) is 0 Å². The lowest BCUT2D eigenvalue weighted by atomic mass is 9.94. The van der Waals surface area contributed by atoms with Crippen LogP contribution in [0.5, 0.6) is 5.75 Å². The number of ketones is 1. The lowest BCUT2D eigenvalue weighted by Gasteiger charge is -2.24. The Kier molecular flexibility index (Phi) is 5.98. The number of Topliss-reactive ketones (excluding diaryl/α,β-unsaturated/α-hetero) is 1. The fraction of sp³-hybridized carbons (Fsp3) is 0.167. The second-order valence-electron chi connectivity index (χ2n) is 6.77. The van der Waals surface area contributed by atoms with Crippen molar-refractivity contribution in [2.24, 2.45) is 0 Å². The predicted octanol–water partition coefficient (Wildman–Crippen LogP) is 4.17. The van der Waals surface area contributed by atoms with E-state index >= 15 is 0 Å². The molecule has 5 nitrogen and oxygen atoms in total. The number of benzene rings is 2. The highest BCUT2D eigenvalue weighted by molar-refractivity contribution is 6.46. The standard InChI is InChI=1S/C24H23NO4/c1-4-14-25-21(17-8-6-16(3)7-9-17)20(23(27)24(25)28)22(26)18-10-12-19(13-11-18)29-15-5-2/h4-13,21,26H,1-2,14-15H2,3H3. The van der Waals surface area contributed by atoms with Gasteiger partial charge in [-0.1, -0.05) is 48.6 Å². The number of aliphatic hydroxyl groups is 1. The summed E-state index contributed by atoms with van der Waals surface area (Å²) in [7, 11) is 0. The molecule has 0 saturated carbocycles. The summed E-state index contributed by atoms with van der Waals surface area (Å²) in [4.78, 5) is 26.8. The van der Waals surface area contributed by atoms with Gasteiger partial charge in [0, 0.05) is 12.1 Å². The molecule has 0 spiro atoms. The van der Waals surface area contributed by atoms with Gasteiger partial charge in [-0.05, 0) is 36.8 Å². The highest BCUT2D eigenvalue weighted by atomic mass is 16.5. The van der Waals surface area contributed by atoms with Gasteiger partial charge in [0.2, 0.25) is 0 Å². The molecular formula is C24H23NO4. The van der Waals surface area contributed by atoms with Crippen LogP contribution in [0.25, 0.3) is 5.76 Å². The van der Waals surface area contributed by atoms with Crippen molar-refractivity contribution >= 4 is 17.4 Å². The molecule has 0 radical (unpaired) electrons. The third-order valence-corrected chi connectivity index (χ3v) is 4.75. The normalized spacial score (nSPS) is 18.0. The summed E-state index contributed by atoms with van der Waals surface area (Å²) < 4.78 is 5.45. The molecular weight excluding hydrogens is 366 g/mol. The summed E-state index contributed by atoms with van der Waals surface area (Å²) in [5, 5.41) is 10.9. The van der Waals surface area contributed by atoms with Gasteiger partial charge in [-0.15, -0.1) is 6.58 Å². The number of amides is 1. The first-order chi connectivity index (χ1) is 14.0. The van der Waals surface area contributed by atoms with Gasteiger partial charge in [0.15, 0.2) is 0 Å². The summed E-state index contributed by atoms with van der Waals surface area (Å²) in [5.41, 5.74) is 2.32. The quantitative estimate of drug-likeness (QED) is 0.334. The topological polar surface area (TPSA) is 66.8 Å². The Balaban J connectivity index is 2.08. The van der Waals surface area contributed by atoms with Crippen LogP contribution in [0.15, 0.2) is 79.4 Å². The maximum Gasteiger partial charge on any atom is 0.295 e. The molecule has 1 amide bonds. The number of aryl methyl sites for hydroxylation is 1. The van der Waals surface area contributed by atoms with Crippen LogP contribution in [0.1, 0.15) is 22.7 Å². The Labute approximate surface area is 170 Å². The third-order valence-electron chi connectivity index (χ3n) is 4.75. The van der Waals surface area contributed by atoms with Crippen molar-refractivity contribution in [2.45, 2.75) is 13.0 Å². The molecule has 1 heterocycles. The van der Waals surface area contributed by atoms with Crippen LogP contribution in [-0.4, -0.2) is 34.8 Å². The largest absolute Gasteiger partial charge is 0.507 e. The number of carbonyl (C=O) groups excluding carboxylic acids is 2. The van der Waals surface area contributed by atoms with Crippen molar-refractivity contribution in [3.63, 3.8) is 0 Å². The minimum atomic E-state index is -0.707. The summed E-state index contributed by atoms with van der Waals surface area (Å²) in [6.45, 7) is 9.81. The molecule has 0 aromatic heterocycles. The molecule has 0 aliphatic carbocycles. The number of likely N-dealkylation sites (tertiary alicyclic amines) is 1. The van der Waals surface area contributed by atoms with Crippen LogP contribution in [0, 0.1) is 6.92 Å².